The highest BCUT2D eigenvalue weighted by Gasteiger charge is 2.09. The number of fused-ring (bicyclic) bond motifs is 1. The summed E-state index contributed by atoms with van der Waals surface area (Å²) in [7, 11) is 1.62. The van der Waals surface area contributed by atoms with E-state index in [1.54, 1.807) is 24.9 Å². The van der Waals surface area contributed by atoms with E-state index in [9.17, 15) is 9.59 Å². The minimum Gasteiger partial charge on any atom is -0.350 e. The molecule has 0 radical (unpaired) electrons. The van der Waals surface area contributed by atoms with Crippen LogP contribution < -0.4 is 10.9 Å². The summed E-state index contributed by atoms with van der Waals surface area (Å²) >= 11 is 1.66. The van der Waals surface area contributed by atoms with Crippen molar-refractivity contribution in [3.05, 3.63) is 70.6 Å². The minimum absolute atomic E-state index is 0.0248. The van der Waals surface area contributed by atoms with Crippen molar-refractivity contribution < 1.29 is 4.79 Å². The highest BCUT2D eigenvalue weighted by atomic mass is 32.2. The molecule has 0 spiro atoms. The summed E-state index contributed by atoms with van der Waals surface area (Å²) < 4.78 is 1.31. The molecule has 0 bridgehead atoms. The topological polar surface area (TPSA) is 64.0 Å². The third-order valence-electron chi connectivity index (χ3n) is 3.83. The molecule has 0 aliphatic rings. The number of benzene rings is 2. The Hall–Kier alpha value is -2.60. The van der Waals surface area contributed by atoms with Crippen molar-refractivity contribution in [1.82, 2.24) is 15.1 Å². The molecule has 0 unspecified atom stereocenters. The van der Waals surface area contributed by atoms with E-state index in [1.807, 2.05) is 48.5 Å². The van der Waals surface area contributed by atoms with Crippen LogP contribution in [0.3, 0.4) is 0 Å². The molecule has 1 heterocycles. The summed E-state index contributed by atoms with van der Waals surface area (Å²) in [4.78, 5) is 25.3. The molecule has 2 aromatic carbocycles. The van der Waals surface area contributed by atoms with Gasteiger partial charge in [0.25, 0.3) is 5.56 Å². The second kappa shape index (κ2) is 7.98. The van der Waals surface area contributed by atoms with E-state index in [2.05, 4.69) is 10.4 Å². The lowest BCUT2D eigenvalue weighted by Gasteiger charge is -2.09. The maximum absolute atomic E-state index is 12.1. The Bertz CT molecular complexity index is 938. The maximum atomic E-state index is 12.1. The fourth-order valence-corrected chi connectivity index (χ4v) is 3.43. The Balaban J connectivity index is 1.60. The van der Waals surface area contributed by atoms with Gasteiger partial charge in [-0.25, -0.2) is 4.68 Å². The van der Waals surface area contributed by atoms with Gasteiger partial charge in [-0.1, -0.05) is 36.4 Å². The summed E-state index contributed by atoms with van der Waals surface area (Å²) in [6.07, 6.45) is 0.434. The zero-order valence-corrected chi connectivity index (χ0v) is 14.8. The van der Waals surface area contributed by atoms with Gasteiger partial charge < -0.3 is 5.32 Å². The number of aryl methyl sites for hydroxylation is 1. The van der Waals surface area contributed by atoms with Crippen LogP contribution in [0.1, 0.15) is 12.1 Å². The van der Waals surface area contributed by atoms with Gasteiger partial charge in [0.2, 0.25) is 5.91 Å². The second-order valence-electron chi connectivity index (χ2n) is 5.61. The molecular formula is C19H19N3O2S. The summed E-state index contributed by atoms with van der Waals surface area (Å²) in [5, 5.41) is 8.58. The van der Waals surface area contributed by atoms with Crippen molar-refractivity contribution in [2.75, 3.05) is 5.75 Å². The molecular weight excluding hydrogens is 334 g/mol. The molecule has 0 saturated heterocycles. The predicted molar refractivity (Wildman–Crippen MR) is 101 cm³/mol. The standard InChI is InChI=1S/C19H19N3O2S/c1-22-19(24)16-10-6-5-9-15(16)17(21-22)13-20-18(23)11-12-25-14-7-3-2-4-8-14/h2-10H,11-13H2,1H3,(H,20,23). The van der Waals surface area contributed by atoms with Crippen molar-refractivity contribution in [2.24, 2.45) is 7.05 Å². The Morgan fingerprint density at radius 3 is 2.52 bits per heavy atom. The van der Waals surface area contributed by atoms with E-state index < -0.39 is 0 Å². The molecule has 25 heavy (non-hydrogen) atoms. The summed E-state index contributed by atoms with van der Waals surface area (Å²) in [6, 6.07) is 17.3. The summed E-state index contributed by atoms with van der Waals surface area (Å²) in [6.45, 7) is 0.309. The first kappa shape index (κ1) is 17.2. The number of aromatic nitrogens is 2. The van der Waals surface area contributed by atoms with E-state index in [4.69, 9.17) is 0 Å². The third-order valence-corrected chi connectivity index (χ3v) is 4.84. The van der Waals surface area contributed by atoms with Crippen LogP contribution in [0.4, 0.5) is 0 Å². The lowest BCUT2D eigenvalue weighted by molar-refractivity contribution is -0.120. The van der Waals surface area contributed by atoms with Crippen LogP contribution in [-0.4, -0.2) is 21.4 Å². The first-order valence-corrected chi connectivity index (χ1v) is 9.03. The molecule has 5 nitrogen and oxygen atoms in total. The molecule has 3 rings (SSSR count). The molecule has 1 aromatic heterocycles. The first-order chi connectivity index (χ1) is 12.1. The van der Waals surface area contributed by atoms with Crippen LogP contribution in [0.5, 0.6) is 0 Å². The summed E-state index contributed by atoms with van der Waals surface area (Å²) in [5.41, 5.74) is 0.562. The van der Waals surface area contributed by atoms with Gasteiger partial charge in [0, 0.05) is 29.5 Å². The highest BCUT2D eigenvalue weighted by Crippen LogP contribution is 2.17. The Kier molecular flexibility index (Phi) is 5.50. The molecule has 3 aromatic rings. The smallest absolute Gasteiger partial charge is 0.274 e. The number of carbonyl (C=O) groups is 1. The average Bonchev–Trinajstić information content (AvgIpc) is 2.64. The molecule has 0 saturated carbocycles. The SMILES string of the molecule is Cn1nc(CNC(=O)CCSc2ccccc2)c2ccccc2c1=O. The third kappa shape index (κ3) is 4.28. The van der Waals surface area contributed by atoms with Gasteiger partial charge in [0.1, 0.15) is 0 Å². The zero-order chi connectivity index (χ0) is 17.6. The van der Waals surface area contributed by atoms with Crippen molar-refractivity contribution in [2.45, 2.75) is 17.9 Å². The highest BCUT2D eigenvalue weighted by molar-refractivity contribution is 7.99. The van der Waals surface area contributed by atoms with Gasteiger partial charge in [0.15, 0.2) is 0 Å². The fourth-order valence-electron chi connectivity index (χ4n) is 2.56. The van der Waals surface area contributed by atoms with Gasteiger partial charge >= 0.3 is 0 Å². The minimum atomic E-state index is -0.134. The van der Waals surface area contributed by atoms with Gasteiger partial charge in [0.05, 0.1) is 17.6 Å². The normalized spacial score (nSPS) is 10.8. The maximum Gasteiger partial charge on any atom is 0.274 e. The molecule has 6 heteroatoms. The molecule has 0 aliphatic carbocycles. The predicted octanol–water partition coefficient (Wildman–Crippen LogP) is 2.73. The molecule has 1 N–H and O–H groups in total. The Morgan fingerprint density at radius 2 is 1.76 bits per heavy atom. The van der Waals surface area contributed by atoms with E-state index >= 15 is 0 Å². The Labute approximate surface area is 150 Å². The van der Waals surface area contributed by atoms with Crippen LogP contribution in [0.25, 0.3) is 10.8 Å². The number of carbonyl (C=O) groups excluding carboxylic acids is 1. The van der Waals surface area contributed by atoms with Crippen molar-refractivity contribution in [1.29, 1.82) is 0 Å². The number of nitrogens with one attached hydrogen (secondary N) is 1. The number of thioether (sulfide) groups is 1. The van der Waals surface area contributed by atoms with Crippen LogP contribution in [0.2, 0.25) is 0 Å². The van der Waals surface area contributed by atoms with Crippen molar-refractivity contribution in [3.63, 3.8) is 0 Å². The van der Waals surface area contributed by atoms with Crippen LogP contribution in [0.15, 0.2) is 64.3 Å². The van der Waals surface area contributed by atoms with Crippen molar-refractivity contribution in [3.8, 4) is 0 Å². The van der Waals surface area contributed by atoms with Gasteiger partial charge in [-0.05, 0) is 18.2 Å². The lowest BCUT2D eigenvalue weighted by Crippen LogP contribution is -2.27. The number of nitrogens with zero attached hydrogens (tertiary/aromatic N) is 2. The zero-order valence-electron chi connectivity index (χ0n) is 13.9. The number of amides is 1. The summed E-state index contributed by atoms with van der Waals surface area (Å²) in [5.74, 6) is 0.695. The number of hydrogen-bond acceptors (Lipinski definition) is 4. The molecule has 1 amide bonds. The van der Waals surface area contributed by atoms with E-state index in [1.165, 1.54) is 4.68 Å². The second-order valence-corrected chi connectivity index (χ2v) is 6.78. The Morgan fingerprint density at radius 1 is 1.08 bits per heavy atom. The van der Waals surface area contributed by atoms with Crippen molar-refractivity contribution >= 4 is 28.4 Å². The quantitative estimate of drug-likeness (QED) is 0.692. The molecule has 0 atom stereocenters. The van der Waals surface area contributed by atoms with Gasteiger partial charge in [-0.15, -0.1) is 11.8 Å². The van der Waals surface area contributed by atoms with Crippen LogP contribution in [0, 0.1) is 0 Å². The first-order valence-electron chi connectivity index (χ1n) is 8.04. The monoisotopic (exact) mass is 353 g/mol. The average molecular weight is 353 g/mol. The molecule has 0 fully saturated rings. The van der Waals surface area contributed by atoms with E-state index in [0.717, 1.165) is 16.0 Å². The van der Waals surface area contributed by atoms with E-state index in [-0.39, 0.29) is 11.5 Å². The molecule has 0 aliphatic heterocycles. The van der Waals surface area contributed by atoms with Gasteiger partial charge in [-0.3, -0.25) is 9.59 Å². The number of hydrogen-bond donors (Lipinski definition) is 1. The van der Waals surface area contributed by atoms with Crippen LogP contribution in [-0.2, 0) is 18.4 Å². The van der Waals surface area contributed by atoms with E-state index in [0.29, 0.717) is 24.0 Å². The fraction of sp³-hybridized carbons (Fsp3) is 0.211. The lowest BCUT2D eigenvalue weighted by atomic mass is 10.1. The number of rotatable bonds is 6. The largest absolute Gasteiger partial charge is 0.350 e. The van der Waals surface area contributed by atoms with Crippen LogP contribution >= 0.6 is 11.8 Å². The van der Waals surface area contributed by atoms with Gasteiger partial charge in [-0.2, -0.15) is 5.10 Å². The molecule has 128 valence electrons.